The molecular weight excluding hydrogens is 301 g/mol. The third-order valence-electron chi connectivity index (χ3n) is 2.86. The van der Waals surface area contributed by atoms with Crippen LogP contribution in [0.3, 0.4) is 0 Å². The lowest BCUT2D eigenvalue weighted by Gasteiger charge is -2.06. The Morgan fingerprint density at radius 2 is 2.05 bits per heavy atom. The van der Waals surface area contributed by atoms with E-state index in [0.29, 0.717) is 21.4 Å². The van der Waals surface area contributed by atoms with Crippen LogP contribution in [0.5, 0.6) is 0 Å². The number of rotatable bonds is 2. The van der Waals surface area contributed by atoms with Gasteiger partial charge in [0.2, 0.25) is 0 Å². The summed E-state index contributed by atoms with van der Waals surface area (Å²) in [6.07, 6.45) is 1.61. The molecule has 0 radical (unpaired) electrons. The predicted octanol–water partition coefficient (Wildman–Crippen LogP) is 4.45. The van der Waals surface area contributed by atoms with Gasteiger partial charge in [-0.25, -0.2) is 4.98 Å². The molecule has 6 heteroatoms. The Bertz CT molecular complexity index is 807. The summed E-state index contributed by atoms with van der Waals surface area (Å²) >= 11 is 17.4. The fourth-order valence-electron chi connectivity index (χ4n) is 1.96. The van der Waals surface area contributed by atoms with E-state index in [1.54, 1.807) is 6.20 Å². The van der Waals surface area contributed by atoms with Crippen molar-refractivity contribution < 1.29 is 0 Å². The Morgan fingerprint density at radius 3 is 2.84 bits per heavy atom. The van der Waals surface area contributed by atoms with Crippen molar-refractivity contribution in [2.45, 2.75) is 6.54 Å². The van der Waals surface area contributed by atoms with Gasteiger partial charge in [-0.05, 0) is 29.9 Å². The molecule has 0 aliphatic rings. The van der Waals surface area contributed by atoms with Gasteiger partial charge in [0.1, 0.15) is 0 Å². The van der Waals surface area contributed by atoms with Gasteiger partial charge in [-0.3, -0.25) is 4.57 Å². The highest BCUT2D eigenvalue weighted by Crippen LogP contribution is 2.20. The third kappa shape index (κ3) is 2.39. The number of imidazole rings is 1. The van der Waals surface area contributed by atoms with Crippen LogP contribution in [0.25, 0.3) is 11.2 Å². The van der Waals surface area contributed by atoms with Gasteiger partial charge in [0.15, 0.2) is 10.4 Å². The van der Waals surface area contributed by atoms with Gasteiger partial charge in [0.05, 0.1) is 17.1 Å². The lowest BCUT2D eigenvalue weighted by atomic mass is 10.2. The van der Waals surface area contributed by atoms with E-state index in [1.165, 1.54) is 0 Å². The first-order valence-corrected chi connectivity index (χ1v) is 6.79. The lowest BCUT2D eigenvalue weighted by molar-refractivity contribution is 0.801. The molecule has 0 saturated carbocycles. The first kappa shape index (κ1) is 12.7. The van der Waals surface area contributed by atoms with Gasteiger partial charge >= 0.3 is 0 Å². The Kier molecular flexibility index (Phi) is 3.31. The predicted molar refractivity (Wildman–Crippen MR) is 80.5 cm³/mol. The molecular formula is C13H9Cl2N3S. The summed E-state index contributed by atoms with van der Waals surface area (Å²) in [5.41, 5.74) is 2.59. The molecule has 0 fully saturated rings. The van der Waals surface area contributed by atoms with E-state index in [-0.39, 0.29) is 0 Å². The van der Waals surface area contributed by atoms with Crippen molar-refractivity contribution in [2.24, 2.45) is 0 Å². The summed E-state index contributed by atoms with van der Waals surface area (Å²) in [6, 6.07) is 9.49. The van der Waals surface area contributed by atoms with Gasteiger partial charge in [-0.2, -0.15) is 0 Å². The Morgan fingerprint density at radius 1 is 1.26 bits per heavy atom. The van der Waals surface area contributed by atoms with E-state index in [1.807, 2.05) is 34.9 Å². The average molecular weight is 310 g/mol. The van der Waals surface area contributed by atoms with Gasteiger partial charge in [0, 0.05) is 11.2 Å². The Hall–Kier alpha value is -1.36. The van der Waals surface area contributed by atoms with Crippen LogP contribution in [-0.2, 0) is 6.54 Å². The number of benzene rings is 1. The molecule has 0 unspecified atom stereocenters. The minimum absolute atomic E-state index is 0.577. The third-order valence-corrected chi connectivity index (χ3v) is 3.76. The normalized spacial score (nSPS) is 11.1. The smallest absolute Gasteiger partial charge is 0.179 e. The molecule has 0 aliphatic heterocycles. The zero-order valence-corrected chi connectivity index (χ0v) is 12.1. The maximum atomic E-state index is 6.17. The van der Waals surface area contributed by atoms with E-state index in [9.17, 15) is 0 Å². The van der Waals surface area contributed by atoms with E-state index >= 15 is 0 Å². The number of aromatic amines is 1. The molecule has 0 atom stereocenters. The Labute approximate surface area is 124 Å². The van der Waals surface area contributed by atoms with Gasteiger partial charge in [-0.15, -0.1) is 0 Å². The first-order chi connectivity index (χ1) is 9.15. The summed E-state index contributed by atoms with van der Waals surface area (Å²) in [5.74, 6) is 0. The monoisotopic (exact) mass is 309 g/mol. The number of aromatic nitrogens is 3. The molecule has 96 valence electrons. The topological polar surface area (TPSA) is 33.6 Å². The Balaban J connectivity index is 2.13. The van der Waals surface area contributed by atoms with Crippen molar-refractivity contribution in [1.29, 1.82) is 0 Å². The summed E-state index contributed by atoms with van der Waals surface area (Å²) in [7, 11) is 0. The molecule has 0 spiro atoms. The second kappa shape index (κ2) is 4.96. The van der Waals surface area contributed by atoms with Crippen LogP contribution >= 0.6 is 35.4 Å². The van der Waals surface area contributed by atoms with Crippen molar-refractivity contribution in [2.75, 3.05) is 0 Å². The van der Waals surface area contributed by atoms with Gasteiger partial charge in [0.25, 0.3) is 0 Å². The average Bonchev–Trinajstić information content (AvgIpc) is 2.68. The number of fused-ring (bicyclic) bond motifs is 1. The van der Waals surface area contributed by atoms with Crippen molar-refractivity contribution in [3.8, 4) is 0 Å². The van der Waals surface area contributed by atoms with E-state index in [4.69, 9.17) is 35.4 Å². The van der Waals surface area contributed by atoms with Crippen LogP contribution in [0.4, 0.5) is 0 Å². The number of halogens is 2. The van der Waals surface area contributed by atoms with Gasteiger partial charge in [-0.1, -0.05) is 41.4 Å². The summed E-state index contributed by atoms with van der Waals surface area (Å²) in [5, 5.41) is 1.29. The van der Waals surface area contributed by atoms with Crippen LogP contribution in [0.2, 0.25) is 10.0 Å². The number of nitrogens with zero attached hydrogens (tertiary/aromatic N) is 2. The molecule has 3 aromatic rings. The zero-order valence-electron chi connectivity index (χ0n) is 9.73. The number of hydrogen-bond donors (Lipinski definition) is 1. The molecule has 2 heterocycles. The second-order valence-corrected chi connectivity index (χ2v) is 5.36. The van der Waals surface area contributed by atoms with Crippen molar-refractivity contribution in [3.05, 3.63) is 56.9 Å². The largest absolute Gasteiger partial charge is 0.329 e. The van der Waals surface area contributed by atoms with Crippen LogP contribution in [-0.4, -0.2) is 14.5 Å². The number of pyridine rings is 1. The molecule has 3 rings (SSSR count). The number of hydrogen-bond acceptors (Lipinski definition) is 2. The second-order valence-electron chi connectivity index (χ2n) is 4.13. The summed E-state index contributed by atoms with van der Waals surface area (Å²) < 4.78 is 2.51. The molecule has 0 saturated heterocycles. The highest BCUT2D eigenvalue weighted by Gasteiger charge is 2.08. The summed E-state index contributed by atoms with van der Waals surface area (Å²) in [6.45, 7) is 0.577. The van der Waals surface area contributed by atoms with Crippen molar-refractivity contribution >= 4 is 46.6 Å². The molecule has 1 N–H and O–H groups in total. The van der Waals surface area contributed by atoms with E-state index in [2.05, 4.69) is 9.97 Å². The maximum absolute atomic E-state index is 6.17. The molecule has 0 amide bonds. The minimum Gasteiger partial charge on any atom is -0.329 e. The van der Waals surface area contributed by atoms with Crippen LogP contribution in [0.1, 0.15) is 5.56 Å². The standard InChI is InChI=1S/C13H9Cl2N3S/c14-9-5-11-12(16-6-9)18(13(19)17-11)7-8-3-1-2-4-10(8)15/h1-6H,7H2,(H,17,19). The fourth-order valence-corrected chi connectivity index (χ4v) is 2.58. The molecule has 0 aliphatic carbocycles. The van der Waals surface area contributed by atoms with E-state index in [0.717, 1.165) is 16.7 Å². The lowest BCUT2D eigenvalue weighted by Crippen LogP contribution is -2.01. The molecule has 2 aromatic heterocycles. The van der Waals surface area contributed by atoms with Crippen LogP contribution in [0, 0.1) is 4.77 Å². The van der Waals surface area contributed by atoms with E-state index < -0.39 is 0 Å². The highest BCUT2D eigenvalue weighted by atomic mass is 35.5. The molecule has 1 aromatic carbocycles. The quantitative estimate of drug-likeness (QED) is 0.710. The first-order valence-electron chi connectivity index (χ1n) is 5.62. The number of H-pyrrole nitrogens is 1. The van der Waals surface area contributed by atoms with Crippen LogP contribution < -0.4 is 0 Å². The summed E-state index contributed by atoms with van der Waals surface area (Å²) in [4.78, 5) is 7.41. The highest BCUT2D eigenvalue weighted by molar-refractivity contribution is 7.71. The zero-order chi connectivity index (χ0) is 13.4. The molecule has 0 bridgehead atoms. The molecule has 3 nitrogen and oxygen atoms in total. The minimum atomic E-state index is 0.577. The van der Waals surface area contributed by atoms with Crippen molar-refractivity contribution in [1.82, 2.24) is 14.5 Å². The number of nitrogens with one attached hydrogen (secondary N) is 1. The van der Waals surface area contributed by atoms with Crippen LogP contribution in [0.15, 0.2) is 36.5 Å². The fraction of sp³-hybridized carbons (Fsp3) is 0.0769. The van der Waals surface area contributed by atoms with Crippen molar-refractivity contribution in [3.63, 3.8) is 0 Å². The molecule has 19 heavy (non-hydrogen) atoms. The van der Waals surface area contributed by atoms with Gasteiger partial charge < -0.3 is 4.98 Å². The maximum Gasteiger partial charge on any atom is 0.179 e. The SMILES string of the molecule is S=c1[nH]c2cc(Cl)cnc2n1Cc1ccccc1Cl.